The maximum absolute atomic E-state index is 5.79. The van der Waals surface area contributed by atoms with E-state index in [1.54, 1.807) is 0 Å². The molecule has 96 valence electrons. The standard InChI is InChI=1S/C14H30N2/c1-5-7-14(8-6-2)11-16(12-14)10-13(3,4)9-15/h5-12,15H2,1-4H3. The Morgan fingerprint density at radius 1 is 1.12 bits per heavy atom. The molecule has 0 aromatic carbocycles. The highest BCUT2D eigenvalue weighted by Gasteiger charge is 2.42. The number of likely N-dealkylation sites (tertiary alicyclic amines) is 1. The summed E-state index contributed by atoms with van der Waals surface area (Å²) in [6.45, 7) is 13.7. The molecule has 0 aromatic rings. The Labute approximate surface area is 102 Å². The minimum Gasteiger partial charge on any atom is -0.330 e. The van der Waals surface area contributed by atoms with E-state index in [2.05, 4.69) is 32.6 Å². The van der Waals surface area contributed by atoms with E-state index in [1.807, 2.05) is 0 Å². The van der Waals surface area contributed by atoms with Gasteiger partial charge in [0.25, 0.3) is 0 Å². The lowest BCUT2D eigenvalue weighted by molar-refractivity contribution is -0.0337. The Bertz CT molecular complexity index is 197. The molecule has 0 aliphatic carbocycles. The Morgan fingerprint density at radius 2 is 1.62 bits per heavy atom. The van der Waals surface area contributed by atoms with Crippen LogP contribution in [0.15, 0.2) is 0 Å². The van der Waals surface area contributed by atoms with Gasteiger partial charge < -0.3 is 10.6 Å². The molecule has 1 aliphatic rings. The molecule has 2 nitrogen and oxygen atoms in total. The van der Waals surface area contributed by atoms with Crippen molar-refractivity contribution in [3.63, 3.8) is 0 Å². The highest BCUT2D eigenvalue weighted by molar-refractivity contribution is 4.95. The smallest absolute Gasteiger partial charge is 0.00507 e. The summed E-state index contributed by atoms with van der Waals surface area (Å²) in [7, 11) is 0. The van der Waals surface area contributed by atoms with Gasteiger partial charge in [0, 0.05) is 19.6 Å². The van der Waals surface area contributed by atoms with Crippen LogP contribution in [0.3, 0.4) is 0 Å². The molecule has 1 aliphatic heterocycles. The molecule has 16 heavy (non-hydrogen) atoms. The van der Waals surface area contributed by atoms with Gasteiger partial charge in [0.2, 0.25) is 0 Å². The molecule has 0 radical (unpaired) electrons. The van der Waals surface area contributed by atoms with E-state index in [9.17, 15) is 0 Å². The quantitative estimate of drug-likeness (QED) is 0.723. The first-order valence-electron chi connectivity index (χ1n) is 6.89. The molecule has 0 atom stereocenters. The van der Waals surface area contributed by atoms with Crippen LogP contribution in [0.4, 0.5) is 0 Å². The fourth-order valence-electron chi connectivity index (χ4n) is 3.19. The van der Waals surface area contributed by atoms with Crippen LogP contribution >= 0.6 is 0 Å². The average molecular weight is 226 g/mol. The summed E-state index contributed by atoms with van der Waals surface area (Å²) >= 11 is 0. The molecule has 2 N–H and O–H groups in total. The zero-order valence-corrected chi connectivity index (χ0v) is 11.7. The van der Waals surface area contributed by atoms with Crippen LogP contribution in [0.5, 0.6) is 0 Å². The zero-order chi connectivity index (χ0) is 12.2. The number of nitrogens with two attached hydrogens (primary N) is 1. The summed E-state index contributed by atoms with van der Waals surface area (Å²) in [5.41, 5.74) is 6.72. The molecular formula is C14H30N2. The molecule has 1 fully saturated rings. The maximum Gasteiger partial charge on any atom is 0.00507 e. The van der Waals surface area contributed by atoms with Crippen LogP contribution in [-0.4, -0.2) is 31.1 Å². The predicted molar refractivity (Wildman–Crippen MR) is 71.5 cm³/mol. The number of rotatable bonds is 7. The van der Waals surface area contributed by atoms with Gasteiger partial charge in [0.15, 0.2) is 0 Å². The Balaban J connectivity index is 2.38. The van der Waals surface area contributed by atoms with Crippen LogP contribution in [0.2, 0.25) is 0 Å². The fourth-order valence-corrected chi connectivity index (χ4v) is 3.19. The van der Waals surface area contributed by atoms with Crippen molar-refractivity contribution in [3.8, 4) is 0 Å². The Kier molecular flexibility index (Phi) is 4.81. The normalized spacial score (nSPS) is 20.8. The molecule has 1 heterocycles. The zero-order valence-electron chi connectivity index (χ0n) is 11.7. The first-order chi connectivity index (χ1) is 7.47. The lowest BCUT2D eigenvalue weighted by Gasteiger charge is -2.53. The van der Waals surface area contributed by atoms with E-state index in [4.69, 9.17) is 5.73 Å². The van der Waals surface area contributed by atoms with E-state index >= 15 is 0 Å². The molecule has 2 heteroatoms. The van der Waals surface area contributed by atoms with Crippen LogP contribution in [0.1, 0.15) is 53.4 Å². The third-order valence-electron chi connectivity index (χ3n) is 3.88. The van der Waals surface area contributed by atoms with Gasteiger partial charge in [-0.3, -0.25) is 0 Å². The Morgan fingerprint density at radius 3 is 2.00 bits per heavy atom. The number of hydrogen-bond donors (Lipinski definition) is 1. The molecule has 0 unspecified atom stereocenters. The fraction of sp³-hybridized carbons (Fsp3) is 1.00. The summed E-state index contributed by atoms with van der Waals surface area (Å²) in [6.07, 6.45) is 5.46. The van der Waals surface area contributed by atoms with Gasteiger partial charge in [-0.1, -0.05) is 40.5 Å². The molecule has 0 saturated carbocycles. The van der Waals surface area contributed by atoms with Crippen LogP contribution < -0.4 is 5.73 Å². The second kappa shape index (κ2) is 5.50. The van der Waals surface area contributed by atoms with E-state index in [1.165, 1.54) is 45.3 Å². The number of nitrogens with zero attached hydrogens (tertiary/aromatic N) is 1. The second-order valence-corrected chi connectivity index (χ2v) is 6.51. The second-order valence-electron chi connectivity index (χ2n) is 6.51. The minimum atomic E-state index is 0.282. The van der Waals surface area contributed by atoms with Crippen molar-refractivity contribution in [2.24, 2.45) is 16.6 Å². The molecule has 1 rings (SSSR count). The molecule has 0 bridgehead atoms. The monoisotopic (exact) mass is 226 g/mol. The van der Waals surface area contributed by atoms with Crippen LogP contribution in [-0.2, 0) is 0 Å². The maximum atomic E-state index is 5.79. The van der Waals surface area contributed by atoms with E-state index in [-0.39, 0.29) is 5.41 Å². The summed E-state index contributed by atoms with van der Waals surface area (Å²) in [4.78, 5) is 2.60. The molecule has 0 aromatic heterocycles. The SMILES string of the molecule is CCCC1(CCC)CN(CC(C)(C)CN)C1. The first kappa shape index (κ1) is 14.0. The third kappa shape index (κ3) is 3.46. The average Bonchev–Trinajstić information content (AvgIpc) is 2.16. The number of hydrogen-bond acceptors (Lipinski definition) is 2. The summed E-state index contributed by atoms with van der Waals surface area (Å²) in [5.74, 6) is 0. The van der Waals surface area contributed by atoms with Crippen molar-refractivity contribution in [1.29, 1.82) is 0 Å². The highest BCUT2D eigenvalue weighted by atomic mass is 15.2. The van der Waals surface area contributed by atoms with E-state index in [0.29, 0.717) is 5.41 Å². The topological polar surface area (TPSA) is 29.3 Å². The van der Waals surface area contributed by atoms with Crippen LogP contribution in [0.25, 0.3) is 0 Å². The van der Waals surface area contributed by atoms with Gasteiger partial charge in [0.1, 0.15) is 0 Å². The predicted octanol–water partition coefficient (Wildman–Crippen LogP) is 2.87. The van der Waals surface area contributed by atoms with Gasteiger partial charge in [-0.2, -0.15) is 0 Å². The van der Waals surface area contributed by atoms with Crippen molar-refractivity contribution in [2.45, 2.75) is 53.4 Å². The molecule has 0 spiro atoms. The highest BCUT2D eigenvalue weighted by Crippen LogP contribution is 2.40. The molecule has 0 amide bonds. The van der Waals surface area contributed by atoms with E-state index in [0.717, 1.165) is 6.54 Å². The molecular weight excluding hydrogens is 196 g/mol. The third-order valence-corrected chi connectivity index (χ3v) is 3.88. The summed E-state index contributed by atoms with van der Waals surface area (Å²) in [6, 6.07) is 0. The van der Waals surface area contributed by atoms with Crippen molar-refractivity contribution in [3.05, 3.63) is 0 Å². The van der Waals surface area contributed by atoms with Gasteiger partial charge in [0.05, 0.1) is 0 Å². The van der Waals surface area contributed by atoms with Crippen molar-refractivity contribution < 1.29 is 0 Å². The largest absolute Gasteiger partial charge is 0.330 e. The van der Waals surface area contributed by atoms with E-state index < -0.39 is 0 Å². The Hall–Kier alpha value is -0.0800. The van der Waals surface area contributed by atoms with Gasteiger partial charge in [-0.15, -0.1) is 0 Å². The van der Waals surface area contributed by atoms with Gasteiger partial charge in [-0.25, -0.2) is 0 Å². The summed E-state index contributed by atoms with van der Waals surface area (Å²) < 4.78 is 0. The first-order valence-corrected chi connectivity index (χ1v) is 6.89. The van der Waals surface area contributed by atoms with Gasteiger partial charge in [-0.05, 0) is 30.2 Å². The van der Waals surface area contributed by atoms with Gasteiger partial charge >= 0.3 is 0 Å². The lowest BCUT2D eigenvalue weighted by Crippen LogP contribution is -2.58. The summed E-state index contributed by atoms with van der Waals surface area (Å²) in [5, 5.41) is 0. The van der Waals surface area contributed by atoms with Crippen LogP contribution in [0, 0.1) is 10.8 Å². The van der Waals surface area contributed by atoms with Crippen molar-refractivity contribution >= 4 is 0 Å². The molecule has 1 saturated heterocycles. The van der Waals surface area contributed by atoms with Crippen molar-refractivity contribution in [2.75, 3.05) is 26.2 Å². The minimum absolute atomic E-state index is 0.282. The van der Waals surface area contributed by atoms with Crippen molar-refractivity contribution in [1.82, 2.24) is 4.90 Å². The lowest BCUT2D eigenvalue weighted by atomic mass is 9.72.